The molecule has 1 aliphatic rings. The van der Waals surface area contributed by atoms with Crippen LogP contribution in [0.25, 0.3) is 0 Å². The number of hydrogen-bond acceptors (Lipinski definition) is 5. The van der Waals surface area contributed by atoms with Gasteiger partial charge in [-0.1, -0.05) is 29.3 Å². The number of urea groups is 1. The molecule has 154 valence electrons. The number of benzene rings is 1. The Morgan fingerprint density at radius 1 is 1.34 bits per heavy atom. The summed E-state index contributed by atoms with van der Waals surface area (Å²) in [6.45, 7) is 1.89. The number of allylic oxidation sites excluding steroid dienone is 1. The first-order valence-electron chi connectivity index (χ1n) is 8.76. The van der Waals surface area contributed by atoms with Crippen LogP contribution in [0.3, 0.4) is 0 Å². The van der Waals surface area contributed by atoms with E-state index in [2.05, 4.69) is 15.6 Å². The highest BCUT2D eigenvalue weighted by Gasteiger charge is 2.35. The minimum atomic E-state index is -4.73. The van der Waals surface area contributed by atoms with Crippen molar-refractivity contribution in [2.75, 3.05) is 5.32 Å². The van der Waals surface area contributed by atoms with Crippen LogP contribution in [-0.4, -0.2) is 30.6 Å². The molecule has 2 unspecified atom stereocenters. The van der Waals surface area contributed by atoms with E-state index in [1.54, 1.807) is 0 Å². The van der Waals surface area contributed by atoms with Crippen LogP contribution in [0.2, 0.25) is 5.02 Å². The second-order valence-electron chi connectivity index (χ2n) is 6.56. The van der Waals surface area contributed by atoms with Gasteiger partial charge in [0.1, 0.15) is 4.90 Å². The number of phenols is 1. The van der Waals surface area contributed by atoms with Crippen LogP contribution < -0.4 is 10.6 Å². The van der Waals surface area contributed by atoms with E-state index in [0.29, 0.717) is 0 Å². The molecule has 2 amide bonds. The van der Waals surface area contributed by atoms with Crippen LogP contribution in [0.15, 0.2) is 53.1 Å². The number of amides is 2. The zero-order valence-corrected chi connectivity index (χ0v) is 17.0. The van der Waals surface area contributed by atoms with Gasteiger partial charge < -0.3 is 15.7 Å². The number of halogens is 2. The fourth-order valence-corrected chi connectivity index (χ4v) is 4.90. The molecule has 1 aromatic heterocycles. The Morgan fingerprint density at radius 2 is 2.10 bits per heavy atom. The minimum Gasteiger partial charge on any atom is -0.504 e. The summed E-state index contributed by atoms with van der Waals surface area (Å²) in [6.07, 6.45) is 4.85. The minimum absolute atomic E-state index is 0.146. The second kappa shape index (κ2) is 8.38. The quantitative estimate of drug-likeness (QED) is 0.479. The molecule has 0 saturated carbocycles. The molecule has 3 N–H and O–H groups in total. The maximum Gasteiger partial charge on any atom is 0.319 e. The van der Waals surface area contributed by atoms with Gasteiger partial charge in [-0.2, -0.15) is 0 Å². The number of phenolic OH excluding ortho intramolecular Hbond substituents is 1. The van der Waals surface area contributed by atoms with Gasteiger partial charge in [0.2, 0.25) is 15.3 Å². The molecule has 0 spiro atoms. The molecule has 1 heterocycles. The third kappa shape index (κ3) is 4.35. The van der Waals surface area contributed by atoms with E-state index < -0.39 is 32.0 Å². The topological polar surface area (TPSA) is 108 Å². The fourth-order valence-electron chi connectivity index (χ4n) is 3.04. The van der Waals surface area contributed by atoms with Crippen molar-refractivity contribution in [3.05, 3.63) is 58.9 Å². The van der Waals surface area contributed by atoms with Crippen LogP contribution in [0.1, 0.15) is 31.0 Å². The molecule has 0 fully saturated rings. The summed E-state index contributed by atoms with van der Waals surface area (Å²) >= 11 is 5.95. The van der Waals surface area contributed by atoms with Crippen LogP contribution in [-0.2, 0) is 9.84 Å². The van der Waals surface area contributed by atoms with E-state index >= 15 is 0 Å². The number of aromatic hydroxyl groups is 1. The normalized spacial score (nSPS) is 17.5. The monoisotopic (exact) mass is 439 g/mol. The summed E-state index contributed by atoms with van der Waals surface area (Å²) in [6, 6.07) is 5.78. The van der Waals surface area contributed by atoms with E-state index in [-0.39, 0.29) is 22.4 Å². The largest absolute Gasteiger partial charge is 0.504 e. The number of hydrogen-bond donors (Lipinski definition) is 3. The van der Waals surface area contributed by atoms with E-state index in [0.717, 1.165) is 24.5 Å². The van der Waals surface area contributed by atoms with Crippen molar-refractivity contribution in [2.45, 2.75) is 36.2 Å². The molecule has 2 aromatic rings. The van der Waals surface area contributed by atoms with E-state index in [1.807, 2.05) is 13.0 Å². The summed E-state index contributed by atoms with van der Waals surface area (Å²) in [5.74, 6) is -0.843. The molecule has 0 aliphatic heterocycles. The molecule has 2 atom stereocenters. The molecule has 1 aliphatic carbocycles. The van der Waals surface area contributed by atoms with Crippen molar-refractivity contribution in [2.24, 2.45) is 0 Å². The van der Waals surface area contributed by atoms with Crippen molar-refractivity contribution >= 4 is 33.2 Å². The highest BCUT2D eigenvalue weighted by Crippen LogP contribution is 2.42. The van der Waals surface area contributed by atoms with Gasteiger partial charge in [-0.25, -0.2) is 17.6 Å². The number of carbonyl (C=O) groups excluding carboxylic acids is 1. The predicted molar refractivity (Wildman–Crippen MR) is 107 cm³/mol. The number of pyridine rings is 1. The Hall–Kier alpha value is -2.65. The molecule has 0 saturated heterocycles. The summed E-state index contributed by atoms with van der Waals surface area (Å²) in [7, 11) is -4.73. The van der Waals surface area contributed by atoms with Gasteiger partial charge in [-0.05, 0) is 44.0 Å². The smallest absolute Gasteiger partial charge is 0.319 e. The van der Waals surface area contributed by atoms with E-state index in [1.165, 1.54) is 30.5 Å². The lowest BCUT2D eigenvalue weighted by Gasteiger charge is -2.17. The Bertz CT molecular complexity index is 1060. The van der Waals surface area contributed by atoms with Gasteiger partial charge in [0.15, 0.2) is 5.75 Å². The van der Waals surface area contributed by atoms with Crippen molar-refractivity contribution in [3.8, 4) is 5.75 Å². The first kappa shape index (κ1) is 21.1. The molecule has 0 radical (unpaired) electrons. The zero-order chi connectivity index (χ0) is 21.2. The Balaban J connectivity index is 1.89. The van der Waals surface area contributed by atoms with Crippen molar-refractivity contribution in [1.82, 2.24) is 10.3 Å². The highest BCUT2D eigenvalue weighted by atomic mass is 35.5. The number of anilines is 1. The highest BCUT2D eigenvalue weighted by molar-refractivity contribution is 7.91. The molecule has 1 aromatic carbocycles. The molecular formula is C19H19ClFN3O4S. The Kier molecular flexibility index (Phi) is 6.09. The summed E-state index contributed by atoms with van der Waals surface area (Å²) in [5, 5.41) is 15.2. The number of nitrogens with one attached hydrogen (secondary N) is 2. The number of rotatable bonds is 5. The van der Waals surface area contributed by atoms with E-state index in [4.69, 9.17) is 11.6 Å². The molecular weight excluding hydrogens is 421 g/mol. The first-order chi connectivity index (χ1) is 13.7. The van der Waals surface area contributed by atoms with Gasteiger partial charge >= 0.3 is 6.03 Å². The average Bonchev–Trinajstić information content (AvgIpc) is 3.08. The predicted octanol–water partition coefficient (Wildman–Crippen LogP) is 4.11. The van der Waals surface area contributed by atoms with Crippen molar-refractivity contribution in [1.29, 1.82) is 0 Å². The van der Waals surface area contributed by atoms with E-state index in [9.17, 15) is 22.7 Å². The second-order valence-corrected chi connectivity index (χ2v) is 8.88. The molecule has 29 heavy (non-hydrogen) atoms. The van der Waals surface area contributed by atoms with Crippen LogP contribution in [0, 0.1) is 0 Å². The first-order valence-corrected chi connectivity index (χ1v) is 10.7. The number of sulfone groups is 1. The lowest BCUT2D eigenvalue weighted by Crippen LogP contribution is -2.37. The Labute approximate surface area is 172 Å². The molecule has 0 bridgehead atoms. The van der Waals surface area contributed by atoms with Gasteiger partial charge in [0, 0.05) is 6.20 Å². The van der Waals surface area contributed by atoms with Crippen molar-refractivity contribution < 1.29 is 22.7 Å². The summed E-state index contributed by atoms with van der Waals surface area (Å²) < 4.78 is 40.2. The third-order valence-corrected chi connectivity index (χ3v) is 6.78. The molecule has 7 nitrogen and oxygen atoms in total. The number of carbonyl (C=O) groups is 1. The van der Waals surface area contributed by atoms with Gasteiger partial charge in [-0.15, -0.1) is 0 Å². The molecule has 10 heteroatoms. The van der Waals surface area contributed by atoms with Crippen LogP contribution >= 0.6 is 11.6 Å². The average molecular weight is 440 g/mol. The summed E-state index contributed by atoms with van der Waals surface area (Å²) in [5.41, 5.74) is -2.08. The number of alkyl halides is 1. The lowest BCUT2D eigenvalue weighted by molar-refractivity contribution is 0.249. The van der Waals surface area contributed by atoms with Crippen LogP contribution in [0.4, 0.5) is 14.9 Å². The zero-order valence-electron chi connectivity index (χ0n) is 15.4. The Morgan fingerprint density at radius 3 is 2.72 bits per heavy atom. The maximum absolute atomic E-state index is 14.7. The fraction of sp³-hybridized carbons (Fsp3) is 0.263. The van der Waals surface area contributed by atoms with Crippen LogP contribution in [0.5, 0.6) is 5.75 Å². The standard InChI is InChI=1S/C19H19ClFN3O4S/c1-11-5-4-7-13(11)23-19(26)24-14-9-8-12(20)17(16(14)25)29(27,28)18(21)15-6-2-3-10-22-15/h2-3,5-6,8-10,13,18,25H,4,7H2,1H3,(H2,23,24,26). The SMILES string of the molecule is CC1=CCCC1NC(=O)Nc1ccc(Cl)c(S(=O)(=O)C(F)c2ccccn2)c1O. The summed E-state index contributed by atoms with van der Waals surface area (Å²) in [4.78, 5) is 15.1. The maximum atomic E-state index is 14.7. The lowest BCUT2D eigenvalue weighted by atomic mass is 10.2. The third-order valence-electron chi connectivity index (χ3n) is 4.59. The van der Waals surface area contributed by atoms with Gasteiger partial charge in [-0.3, -0.25) is 4.98 Å². The van der Waals surface area contributed by atoms with Gasteiger partial charge in [0.25, 0.3) is 0 Å². The number of aromatic nitrogens is 1. The van der Waals surface area contributed by atoms with Gasteiger partial charge in [0.05, 0.1) is 22.4 Å². The number of nitrogens with zero attached hydrogens (tertiary/aromatic N) is 1. The molecule has 3 rings (SSSR count). The van der Waals surface area contributed by atoms with Crippen molar-refractivity contribution in [3.63, 3.8) is 0 Å².